The molecule has 1 atom stereocenters. The van der Waals surface area contributed by atoms with Crippen molar-refractivity contribution in [3.05, 3.63) is 30.1 Å². The summed E-state index contributed by atoms with van der Waals surface area (Å²) in [6.07, 6.45) is 7.73. The van der Waals surface area contributed by atoms with Gasteiger partial charge >= 0.3 is 0 Å². The van der Waals surface area contributed by atoms with Crippen LogP contribution >= 0.6 is 0 Å². The molecule has 1 unspecified atom stereocenters. The fourth-order valence-corrected chi connectivity index (χ4v) is 3.21. The minimum absolute atomic E-state index is 0.151. The molecule has 0 bridgehead atoms. The molecule has 4 nitrogen and oxygen atoms in total. The predicted molar refractivity (Wildman–Crippen MR) is 76.7 cm³/mol. The highest BCUT2D eigenvalue weighted by atomic mass is 15.3. The van der Waals surface area contributed by atoms with Gasteiger partial charge in [-0.3, -0.25) is 14.8 Å². The van der Waals surface area contributed by atoms with E-state index in [-0.39, 0.29) is 5.54 Å². The van der Waals surface area contributed by atoms with Crippen LogP contribution in [0.25, 0.3) is 0 Å². The van der Waals surface area contributed by atoms with Crippen molar-refractivity contribution in [1.29, 1.82) is 0 Å². The maximum Gasteiger partial charge on any atom is 0.0471 e. The van der Waals surface area contributed by atoms with Gasteiger partial charge in [-0.25, -0.2) is 0 Å². The standard InChI is InChI=1S/C15H24N4/c1-18(10-13-3-2-7-17-9-13)15(11-16)6-8-19(12-15)14-4-5-14/h2-3,7,9,14H,4-6,8,10-12,16H2,1H3. The fourth-order valence-electron chi connectivity index (χ4n) is 3.21. The molecule has 19 heavy (non-hydrogen) atoms. The summed E-state index contributed by atoms with van der Waals surface area (Å²) in [5.74, 6) is 0. The van der Waals surface area contributed by atoms with E-state index in [0.717, 1.165) is 25.7 Å². The Morgan fingerprint density at radius 2 is 2.37 bits per heavy atom. The lowest BCUT2D eigenvalue weighted by Gasteiger charge is -2.38. The van der Waals surface area contributed by atoms with Gasteiger partial charge in [0, 0.05) is 50.2 Å². The SMILES string of the molecule is CN(Cc1cccnc1)C1(CN)CCN(C2CC2)C1. The Kier molecular flexibility index (Phi) is 3.56. The van der Waals surface area contributed by atoms with Gasteiger partial charge in [-0.1, -0.05) is 6.07 Å². The van der Waals surface area contributed by atoms with Crippen LogP contribution < -0.4 is 5.73 Å². The van der Waals surface area contributed by atoms with Crippen LogP contribution in [0.5, 0.6) is 0 Å². The molecule has 0 radical (unpaired) electrons. The zero-order chi connectivity index (χ0) is 13.3. The third kappa shape index (κ3) is 2.66. The van der Waals surface area contributed by atoms with Crippen molar-refractivity contribution in [2.24, 2.45) is 5.73 Å². The second-order valence-electron chi connectivity index (χ2n) is 6.10. The largest absolute Gasteiger partial charge is 0.329 e. The molecule has 3 rings (SSSR count). The number of rotatable bonds is 5. The van der Waals surface area contributed by atoms with Crippen molar-refractivity contribution in [1.82, 2.24) is 14.8 Å². The molecule has 0 amide bonds. The normalized spacial score (nSPS) is 28.2. The van der Waals surface area contributed by atoms with Gasteiger partial charge in [-0.2, -0.15) is 0 Å². The summed E-state index contributed by atoms with van der Waals surface area (Å²) >= 11 is 0. The second-order valence-corrected chi connectivity index (χ2v) is 6.10. The molecule has 4 heteroatoms. The lowest BCUT2D eigenvalue weighted by molar-refractivity contribution is 0.120. The average molecular weight is 260 g/mol. The van der Waals surface area contributed by atoms with Crippen molar-refractivity contribution >= 4 is 0 Å². The van der Waals surface area contributed by atoms with Gasteiger partial charge in [0.2, 0.25) is 0 Å². The highest BCUT2D eigenvalue weighted by Gasteiger charge is 2.44. The number of aromatic nitrogens is 1. The molecule has 1 aromatic rings. The fraction of sp³-hybridized carbons (Fsp3) is 0.667. The number of hydrogen-bond acceptors (Lipinski definition) is 4. The molecule has 2 fully saturated rings. The quantitative estimate of drug-likeness (QED) is 0.860. The number of nitrogens with zero attached hydrogens (tertiary/aromatic N) is 3. The van der Waals surface area contributed by atoms with Crippen LogP contribution in [0.4, 0.5) is 0 Å². The van der Waals surface area contributed by atoms with Crippen molar-refractivity contribution in [3.8, 4) is 0 Å². The number of pyridine rings is 1. The summed E-state index contributed by atoms with van der Waals surface area (Å²) in [5, 5.41) is 0. The molecule has 2 N–H and O–H groups in total. The third-order valence-electron chi connectivity index (χ3n) is 4.76. The third-order valence-corrected chi connectivity index (χ3v) is 4.76. The molecule has 1 aromatic heterocycles. The van der Waals surface area contributed by atoms with E-state index in [4.69, 9.17) is 5.73 Å². The van der Waals surface area contributed by atoms with Gasteiger partial charge < -0.3 is 5.73 Å². The van der Waals surface area contributed by atoms with E-state index in [0.29, 0.717) is 0 Å². The Labute approximate surface area is 115 Å². The first kappa shape index (κ1) is 13.0. The predicted octanol–water partition coefficient (Wildman–Crippen LogP) is 1.08. The van der Waals surface area contributed by atoms with E-state index in [2.05, 4.69) is 27.9 Å². The first-order valence-electron chi connectivity index (χ1n) is 7.28. The first-order chi connectivity index (χ1) is 9.23. The Morgan fingerprint density at radius 1 is 1.53 bits per heavy atom. The molecule has 2 aliphatic rings. The van der Waals surface area contributed by atoms with Gasteiger partial charge in [0.25, 0.3) is 0 Å². The van der Waals surface area contributed by atoms with Crippen LogP contribution in [-0.4, -0.2) is 53.0 Å². The Morgan fingerprint density at radius 3 is 3.00 bits per heavy atom. The van der Waals surface area contributed by atoms with E-state index in [1.54, 1.807) is 0 Å². The Hall–Kier alpha value is -0.970. The number of nitrogens with two attached hydrogens (primary N) is 1. The van der Waals surface area contributed by atoms with Gasteiger partial charge in [0.15, 0.2) is 0 Å². The number of likely N-dealkylation sites (tertiary alicyclic amines) is 1. The van der Waals surface area contributed by atoms with Crippen molar-refractivity contribution in [3.63, 3.8) is 0 Å². The number of likely N-dealkylation sites (N-methyl/N-ethyl adjacent to an activating group) is 1. The van der Waals surface area contributed by atoms with Crippen LogP contribution in [0.15, 0.2) is 24.5 Å². The smallest absolute Gasteiger partial charge is 0.0471 e. The summed E-state index contributed by atoms with van der Waals surface area (Å²) in [5.41, 5.74) is 7.54. The summed E-state index contributed by atoms with van der Waals surface area (Å²) in [6, 6.07) is 4.99. The maximum atomic E-state index is 6.12. The molecule has 1 aliphatic heterocycles. The molecule has 104 valence electrons. The van der Waals surface area contributed by atoms with Crippen LogP contribution in [0.1, 0.15) is 24.8 Å². The topological polar surface area (TPSA) is 45.4 Å². The second kappa shape index (κ2) is 5.19. The first-order valence-corrected chi connectivity index (χ1v) is 7.28. The minimum atomic E-state index is 0.151. The summed E-state index contributed by atoms with van der Waals surface area (Å²) < 4.78 is 0. The van der Waals surface area contributed by atoms with Gasteiger partial charge in [0.05, 0.1) is 0 Å². The molecule has 1 saturated carbocycles. The Bertz CT molecular complexity index is 417. The highest BCUT2D eigenvalue weighted by Crippen LogP contribution is 2.35. The molecular weight excluding hydrogens is 236 g/mol. The highest BCUT2D eigenvalue weighted by molar-refractivity contribution is 5.11. The Balaban J connectivity index is 1.67. The molecule has 1 saturated heterocycles. The molecule has 0 aromatic carbocycles. The van der Waals surface area contributed by atoms with E-state index in [1.165, 1.54) is 31.4 Å². The lowest BCUT2D eigenvalue weighted by atomic mass is 9.96. The summed E-state index contributed by atoms with van der Waals surface area (Å²) in [6.45, 7) is 4.01. The minimum Gasteiger partial charge on any atom is -0.329 e. The molecule has 0 spiro atoms. The van der Waals surface area contributed by atoms with Crippen molar-refractivity contribution < 1.29 is 0 Å². The van der Waals surface area contributed by atoms with E-state index in [1.807, 2.05) is 18.5 Å². The van der Waals surface area contributed by atoms with E-state index in [9.17, 15) is 0 Å². The van der Waals surface area contributed by atoms with Crippen LogP contribution in [0, 0.1) is 0 Å². The molecule has 2 heterocycles. The van der Waals surface area contributed by atoms with Gasteiger partial charge in [-0.15, -0.1) is 0 Å². The number of hydrogen-bond donors (Lipinski definition) is 1. The monoisotopic (exact) mass is 260 g/mol. The van der Waals surface area contributed by atoms with Gasteiger partial charge in [-0.05, 0) is 37.9 Å². The molecule has 1 aliphatic carbocycles. The van der Waals surface area contributed by atoms with Crippen LogP contribution in [-0.2, 0) is 6.54 Å². The summed E-state index contributed by atoms with van der Waals surface area (Å²) in [7, 11) is 2.20. The zero-order valence-corrected chi connectivity index (χ0v) is 11.8. The van der Waals surface area contributed by atoms with Crippen molar-refractivity contribution in [2.45, 2.75) is 37.4 Å². The van der Waals surface area contributed by atoms with Crippen LogP contribution in [0.2, 0.25) is 0 Å². The lowest BCUT2D eigenvalue weighted by Crippen LogP contribution is -2.53. The van der Waals surface area contributed by atoms with Gasteiger partial charge in [0.1, 0.15) is 0 Å². The van der Waals surface area contributed by atoms with Crippen molar-refractivity contribution in [2.75, 3.05) is 26.7 Å². The van der Waals surface area contributed by atoms with E-state index >= 15 is 0 Å². The maximum absolute atomic E-state index is 6.12. The van der Waals surface area contributed by atoms with E-state index < -0.39 is 0 Å². The molecular formula is C15H24N4. The zero-order valence-electron chi connectivity index (χ0n) is 11.8. The van der Waals surface area contributed by atoms with Crippen LogP contribution in [0.3, 0.4) is 0 Å². The summed E-state index contributed by atoms with van der Waals surface area (Å²) in [4.78, 5) is 9.27. The average Bonchev–Trinajstić information content (AvgIpc) is 3.19.